The van der Waals surface area contributed by atoms with Gasteiger partial charge < -0.3 is 0 Å². The summed E-state index contributed by atoms with van der Waals surface area (Å²) >= 11 is 0. The lowest BCUT2D eigenvalue weighted by Gasteiger charge is -2.28. The van der Waals surface area contributed by atoms with Gasteiger partial charge >= 0.3 is 0 Å². The van der Waals surface area contributed by atoms with E-state index in [2.05, 4.69) is 105 Å². The number of hydrogen-bond acceptors (Lipinski definition) is 0. The molecule has 0 aromatic heterocycles. The highest BCUT2D eigenvalue weighted by atomic mass is 14.3. The van der Waals surface area contributed by atoms with Crippen LogP contribution in [0.2, 0.25) is 0 Å². The van der Waals surface area contributed by atoms with E-state index in [0.717, 1.165) is 6.42 Å². The molecule has 0 bridgehead atoms. The monoisotopic (exact) mass is 478 g/mol. The van der Waals surface area contributed by atoms with Crippen LogP contribution in [0, 0.1) is 5.41 Å². The normalized spacial score (nSPS) is 18.0. The molecule has 0 radical (unpaired) electrons. The molecule has 0 saturated heterocycles. The molecule has 1 saturated carbocycles. The Morgan fingerprint density at radius 1 is 0.667 bits per heavy atom. The molecule has 2 aromatic carbocycles. The summed E-state index contributed by atoms with van der Waals surface area (Å²) in [6.45, 7) is 21.3. The Balaban J connectivity index is 1.87. The summed E-state index contributed by atoms with van der Waals surface area (Å²) in [7, 11) is 0. The smallest absolute Gasteiger partial charge is 0.00850 e. The second kappa shape index (κ2) is 8.61. The van der Waals surface area contributed by atoms with Gasteiger partial charge in [-0.25, -0.2) is 0 Å². The molecule has 5 rings (SSSR count). The minimum atomic E-state index is 0.0780. The van der Waals surface area contributed by atoms with Crippen molar-refractivity contribution in [2.75, 3.05) is 0 Å². The molecule has 0 N–H and O–H groups in total. The van der Waals surface area contributed by atoms with E-state index in [1.807, 2.05) is 0 Å². The molecule has 0 nitrogen and oxygen atoms in total. The summed E-state index contributed by atoms with van der Waals surface area (Å²) < 4.78 is 0. The molecule has 0 atom stereocenters. The summed E-state index contributed by atoms with van der Waals surface area (Å²) in [4.78, 5) is 0. The van der Waals surface area contributed by atoms with E-state index < -0.39 is 0 Å². The fourth-order valence-electron chi connectivity index (χ4n) is 6.48. The number of hydrogen-bond donors (Lipinski definition) is 0. The highest BCUT2D eigenvalue weighted by molar-refractivity contribution is 5.90. The molecule has 0 spiro atoms. The Bertz CT molecular complexity index is 1390. The molecule has 0 amide bonds. The third-order valence-electron chi connectivity index (χ3n) is 8.52. The Hall–Kier alpha value is -2.34. The molecular weight excluding hydrogens is 432 g/mol. The van der Waals surface area contributed by atoms with Gasteiger partial charge in [0.15, 0.2) is 0 Å². The average Bonchev–Trinajstić information content (AvgIpc) is 3.42. The van der Waals surface area contributed by atoms with Gasteiger partial charge in [0.1, 0.15) is 0 Å². The van der Waals surface area contributed by atoms with E-state index in [1.165, 1.54) is 76.3 Å². The van der Waals surface area contributed by atoms with Crippen molar-refractivity contribution in [3.05, 3.63) is 74.7 Å². The largest absolute Gasteiger partial charge is 0.0763 e. The molecular formula is C36H46. The number of fused-ring (bicyclic) bond motifs is 3. The Morgan fingerprint density at radius 2 is 1.36 bits per heavy atom. The van der Waals surface area contributed by atoms with E-state index >= 15 is 0 Å². The van der Waals surface area contributed by atoms with Crippen molar-refractivity contribution in [1.82, 2.24) is 0 Å². The highest BCUT2D eigenvalue weighted by Gasteiger charge is 2.30. The second-order valence-corrected chi connectivity index (χ2v) is 14.5. The van der Waals surface area contributed by atoms with Crippen LogP contribution < -0.4 is 10.4 Å². The third kappa shape index (κ3) is 4.46. The van der Waals surface area contributed by atoms with E-state index in [9.17, 15) is 0 Å². The molecule has 0 heterocycles. The highest BCUT2D eigenvalue weighted by Crippen LogP contribution is 2.41. The maximum Gasteiger partial charge on any atom is -0.00850 e. The van der Waals surface area contributed by atoms with E-state index in [0.29, 0.717) is 0 Å². The lowest BCUT2D eigenvalue weighted by Crippen LogP contribution is -2.32. The number of allylic oxidation sites excluding steroid dienone is 4. The van der Waals surface area contributed by atoms with E-state index in [1.54, 1.807) is 16.4 Å². The minimum Gasteiger partial charge on any atom is -0.0763 e. The zero-order valence-electron chi connectivity index (χ0n) is 24.3. The zero-order chi connectivity index (χ0) is 26.0. The molecule has 3 aliphatic carbocycles. The summed E-state index contributed by atoms with van der Waals surface area (Å²) in [6, 6.07) is 9.80. The molecule has 0 unspecified atom stereocenters. The first kappa shape index (κ1) is 25.3. The molecule has 190 valence electrons. The van der Waals surface area contributed by atoms with Gasteiger partial charge in [-0.3, -0.25) is 0 Å². The van der Waals surface area contributed by atoms with Crippen LogP contribution in [0.1, 0.15) is 123 Å². The van der Waals surface area contributed by atoms with Gasteiger partial charge in [-0.2, -0.15) is 0 Å². The van der Waals surface area contributed by atoms with Crippen molar-refractivity contribution in [2.24, 2.45) is 5.41 Å². The molecule has 36 heavy (non-hydrogen) atoms. The quantitative estimate of drug-likeness (QED) is 0.327. The van der Waals surface area contributed by atoms with Crippen LogP contribution in [0.3, 0.4) is 0 Å². The van der Waals surface area contributed by atoms with Crippen molar-refractivity contribution in [3.63, 3.8) is 0 Å². The van der Waals surface area contributed by atoms with Crippen molar-refractivity contribution in [2.45, 2.75) is 112 Å². The predicted octanol–water partition coefficient (Wildman–Crippen LogP) is 8.97. The van der Waals surface area contributed by atoms with Crippen molar-refractivity contribution >= 4 is 17.2 Å². The lowest BCUT2D eigenvalue weighted by atomic mass is 9.76. The fraction of sp³-hybridized carbons (Fsp3) is 0.500. The first-order chi connectivity index (χ1) is 16.7. The van der Waals surface area contributed by atoms with Crippen LogP contribution in [-0.4, -0.2) is 0 Å². The first-order valence-corrected chi connectivity index (χ1v) is 14.2. The van der Waals surface area contributed by atoms with Gasteiger partial charge in [0, 0.05) is 0 Å². The SMILES string of the molecule is CC(C)(C)C1=CCC(c2c(C(C)(C)C)c(=C3CCCCC3)cc3c2=Cc2cc(C(C)(C)C)ccc2-3)=C1. The standard InChI is InChI=1S/C36H46/c1-34(2,3)26-16-15-24(19-26)32-31-21-25-20-27(35(4,5)6)17-18-28(25)30(31)22-29(33(32)36(7,8)9)23-13-11-10-12-14-23/h16-22H,10-15H2,1-9H3. The summed E-state index contributed by atoms with van der Waals surface area (Å²) in [5.41, 5.74) is 13.9. The third-order valence-corrected chi connectivity index (χ3v) is 8.52. The second-order valence-electron chi connectivity index (χ2n) is 14.5. The van der Waals surface area contributed by atoms with E-state index in [4.69, 9.17) is 0 Å². The molecule has 0 aliphatic heterocycles. The van der Waals surface area contributed by atoms with Gasteiger partial charge in [-0.05, 0) is 115 Å². The van der Waals surface area contributed by atoms with Gasteiger partial charge in [0.05, 0.1) is 0 Å². The van der Waals surface area contributed by atoms with Crippen LogP contribution >= 0.6 is 0 Å². The predicted molar refractivity (Wildman–Crippen MR) is 159 cm³/mol. The van der Waals surface area contributed by atoms with Crippen LogP contribution in [0.25, 0.3) is 28.3 Å². The van der Waals surface area contributed by atoms with Gasteiger partial charge in [0.2, 0.25) is 0 Å². The fourth-order valence-corrected chi connectivity index (χ4v) is 6.48. The minimum absolute atomic E-state index is 0.0780. The Kier molecular flexibility index (Phi) is 6.06. The van der Waals surface area contributed by atoms with Gasteiger partial charge in [-0.15, -0.1) is 0 Å². The van der Waals surface area contributed by atoms with Crippen LogP contribution in [-0.2, 0) is 10.8 Å². The van der Waals surface area contributed by atoms with Crippen LogP contribution in [0.15, 0.2) is 42.0 Å². The van der Waals surface area contributed by atoms with Crippen molar-refractivity contribution < 1.29 is 0 Å². The summed E-state index contributed by atoms with van der Waals surface area (Å²) in [6.07, 6.45) is 15.1. The Morgan fingerprint density at radius 3 is 1.94 bits per heavy atom. The van der Waals surface area contributed by atoms with Gasteiger partial charge in [0.25, 0.3) is 0 Å². The van der Waals surface area contributed by atoms with Crippen molar-refractivity contribution in [1.29, 1.82) is 0 Å². The topological polar surface area (TPSA) is 0 Å². The number of rotatable bonds is 1. The maximum absolute atomic E-state index is 2.59. The summed E-state index contributed by atoms with van der Waals surface area (Å²) in [5.74, 6) is 0. The molecule has 0 heteroatoms. The maximum atomic E-state index is 2.59. The van der Waals surface area contributed by atoms with Crippen LogP contribution in [0.4, 0.5) is 0 Å². The number of benzene rings is 2. The summed E-state index contributed by atoms with van der Waals surface area (Å²) in [5, 5.41) is 3.01. The van der Waals surface area contributed by atoms with Crippen LogP contribution in [0.5, 0.6) is 0 Å². The first-order valence-electron chi connectivity index (χ1n) is 14.2. The zero-order valence-corrected chi connectivity index (χ0v) is 24.3. The lowest BCUT2D eigenvalue weighted by molar-refractivity contribution is 0.518. The molecule has 2 aromatic rings. The van der Waals surface area contributed by atoms with Crippen molar-refractivity contribution in [3.8, 4) is 11.1 Å². The average molecular weight is 479 g/mol. The van der Waals surface area contributed by atoms with E-state index in [-0.39, 0.29) is 16.2 Å². The Labute approximate surface area is 219 Å². The molecule has 3 aliphatic rings. The van der Waals surface area contributed by atoms with Gasteiger partial charge in [-0.1, -0.05) is 105 Å². The molecule has 1 fully saturated rings.